The molecule has 0 spiro atoms. The molecule has 29 heavy (non-hydrogen) atoms. The molecule has 1 aromatic heterocycles. The fraction of sp³-hybridized carbons (Fsp3) is 0.286. The fourth-order valence-corrected chi connectivity index (χ4v) is 5.06. The van der Waals surface area contributed by atoms with Gasteiger partial charge in [0.05, 0.1) is 5.25 Å². The first-order chi connectivity index (χ1) is 14.2. The third kappa shape index (κ3) is 5.27. The lowest BCUT2D eigenvalue weighted by Gasteiger charge is -2.18. The second kappa shape index (κ2) is 9.28. The van der Waals surface area contributed by atoms with Crippen LogP contribution in [0.4, 0.5) is 10.8 Å². The van der Waals surface area contributed by atoms with Crippen LogP contribution in [0.1, 0.15) is 19.8 Å². The van der Waals surface area contributed by atoms with Gasteiger partial charge in [0.25, 0.3) is 0 Å². The molecule has 1 N–H and O–H groups in total. The average molecular weight is 427 g/mol. The number of anilines is 2. The van der Waals surface area contributed by atoms with Gasteiger partial charge < -0.3 is 15.0 Å². The first-order valence-corrected chi connectivity index (χ1v) is 11.3. The molecule has 0 aliphatic carbocycles. The van der Waals surface area contributed by atoms with Crippen molar-refractivity contribution in [2.45, 2.75) is 29.4 Å². The quantitative estimate of drug-likeness (QED) is 0.525. The lowest BCUT2D eigenvalue weighted by molar-refractivity contribution is -0.129. The van der Waals surface area contributed by atoms with Crippen molar-refractivity contribution in [2.75, 3.05) is 18.4 Å². The minimum atomic E-state index is -0.150. The molecule has 1 aliphatic rings. The lowest BCUT2D eigenvalue weighted by Crippen LogP contribution is -2.33. The van der Waals surface area contributed by atoms with Crippen LogP contribution in [0.15, 0.2) is 58.9 Å². The van der Waals surface area contributed by atoms with E-state index in [1.54, 1.807) is 0 Å². The molecule has 1 saturated heterocycles. The summed E-state index contributed by atoms with van der Waals surface area (Å²) in [5.41, 5.74) is 0.902. The van der Waals surface area contributed by atoms with Gasteiger partial charge in [0.1, 0.15) is 11.5 Å². The number of carbonyl (C=O) groups excluding carboxylic acids is 1. The predicted molar refractivity (Wildman–Crippen MR) is 117 cm³/mol. The molecule has 0 saturated carbocycles. The Balaban J connectivity index is 1.32. The largest absolute Gasteiger partial charge is 0.457 e. The number of ether oxygens (including phenoxy) is 1. The van der Waals surface area contributed by atoms with Crippen molar-refractivity contribution in [1.29, 1.82) is 0 Å². The topological polar surface area (TPSA) is 67.4 Å². The third-order valence-electron chi connectivity index (χ3n) is 4.53. The zero-order valence-corrected chi connectivity index (χ0v) is 17.7. The molecule has 2 heterocycles. The number of nitrogens with one attached hydrogen (secondary N) is 1. The highest BCUT2D eigenvalue weighted by Crippen LogP contribution is 2.32. The van der Waals surface area contributed by atoms with Crippen LogP contribution in [0.2, 0.25) is 0 Å². The Morgan fingerprint density at radius 3 is 2.48 bits per heavy atom. The van der Waals surface area contributed by atoms with Crippen molar-refractivity contribution in [3.8, 4) is 11.5 Å². The van der Waals surface area contributed by atoms with Crippen molar-refractivity contribution >= 4 is 39.8 Å². The summed E-state index contributed by atoms with van der Waals surface area (Å²) in [6.45, 7) is 3.68. The van der Waals surface area contributed by atoms with Crippen molar-refractivity contribution in [3.05, 3.63) is 54.6 Å². The number of para-hydroxylation sites is 1. The Hall–Kier alpha value is -2.58. The number of amides is 1. The van der Waals surface area contributed by atoms with Gasteiger partial charge in [-0.2, -0.15) is 0 Å². The molecule has 1 fully saturated rings. The first kappa shape index (κ1) is 19.7. The SMILES string of the molecule is C[C@H](Sc1nnc(Nc2ccc(Oc3ccccc3)cc2)s1)C(=O)N1CCCC1. The van der Waals surface area contributed by atoms with E-state index in [1.165, 1.54) is 23.1 Å². The van der Waals surface area contributed by atoms with E-state index in [-0.39, 0.29) is 11.2 Å². The maximum Gasteiger partial charge on any atom is 0.235 e. The monoisotopic (exact) mass is 426 g/mol. The maximum atomic E-state index is 12.4. The Kier molecular flexibility index (Phi) is 6.31. The molecule has 2 aromatic carbocycles. The van der Waals surface area contributed by atoms with Gasteiger partial charge in [-0.3, -0.25) is 4.79 Å². The molecule has 1 amide bonds. The van der Waals surface area contributed by atoms with Crippen LogP contribution in [0.5, 0.6) is 11.5 Å². The molecule has 1 aliphatic heterocycles. The molecule has 0 unspecified atom stereocenters. The minimum Gasteiger partial charge on any atom is -0.457 e. The van der Waals surface area contributed by atoms with Gasteiger partial charge in [-0.1, -0.05) is 41.3 Å². The van der Waals surface area contributed by atoms with Gasteiger partial charge in [0.15, 0.2) is 4.34 Å². The fourth-order valence-electron chi connectivity index (χ4n) is 3.06. The van der Waals surface area contributed by atoms with E-state index in [2.05, 4.69) is 15.5 Å². The summed E-state index contributed by atoms with van der Waals surface area (Å²) in [4.78, 5) is 14.4. The van der Waals surface area contributed by atoms with Crippen LogP contribution in [0.3, 0.4) is 0 Å². The van der Waals surface area contributed by atoms with Gasteiger partial charge in [0.2, 0.25) is 11.0 Å². The van der Waals surface area contributed by atoms with Crippen LogP contribution >= 0.6 is 23.1 Å². The lowest BCUT2D eigenvalue weighted by atomic mass is 10.3. The second-order valence-electron chi connectivity index (χ2n) is 6.73. The number of aromatic nitrogens is 2. The summed E-state index contributed by atoms with van der Waals surface area (Å²) in [5, 5.41) is 12.2. The molecule has 0 bridgehead atoms. The highest BCUT2D eigenvalue weighted by atomic mass is 32.2. The van der Waals surface area contributed by atoms with Gasteiger partial charge in [-0.25, -0.2) is 0 Å². The number of benzene rings is 2. The summed E-state index contributed by atoms with van der Waals surface area (Å²) in [5.74, 6) is 1.76. The van der Waals surface area contributed by atoms with Crippen molar-refractivity contribution < 1.29 is 9.53 Å². The minimum absolute atomic E-state index is 0.150. The molecule has 150 valence electrons. The Morgan fingerprint density at radius 2 is 1.76 bits per heavy atom. The third-order valence-corrected chi connectivity index (χ3v) is 6.54. The van der Waals surface area contributed by atoms with Gasteiger partial charge >= 0.3 is 0 Å². The first-order valence-electron chi connectivity index (χ1n) is 9.56. The summed E-state index contributed by atoms with van der Waals surface area (Å²) < 4.78 is 6.59. The number of carbonyl (C=O) groups is 1. The number of thioether (sulfide) groups is 1. The summed E-state index contributed by atoms with van der Waals surface area (Å²) in [7, 11) is 0. The van der Waals surface area contributed by atoms with E-state index in [0.29, 0.717) is 5.13 Å². The van der Waals surface area contributed by atoms with Gasteiger partial charge in [-0.05, 0) is 56.2 Å². The molecular formula is C21H22N4O2S2. The Morgan fingerprint density at radius 1 is 1.07 bits per heavy atom. The summed E-state index contributed by atoms with van der Waals surface area (Å²) in [6, 6.07) is 17.4. The van der Waals surface area contributed by atoms with Gasteiger partial charge in [-0.15, -0.1) is 10.2 Å². The molecule has 1 atom stereocenters. The van der Waals surface area contributed by atoms with Crippen molar-refractivity contribution in [2.24, 2.45) is 0 Å². The van der Waals surface area contributed by atoms with Crippen LogP contribution in [-0.2, 0) is 4.79 Å². The van der Waals surface area contributed by atoms with E-state index in [0.717, 1.165) is 47.5 Å². The normalized spacial score (nSPS) is 14.6. The molecule has 8 heteroatoms. The maximum absolute atomic E-state index is 12.4. The second-order valence-corrected chi connectivity index (χ2v) is 9.30. The molecule has 3 aromatic rings. The summed E-state index contributed by atoms with van der Waals surface area (Å²) >= 11 is 2.92. The van der Waals surface area contributed by atoms with Crippen LogP contribution < -0.4 is 10.1 Å². The van der Waals surface area contributed by atoms with Gasteiger partial charge in [0, 0.05) is 18.8 Å². The zero-order chi connectivity index (χ0) is 20.1. The summed E-state index contributed by atoms with van der Waals surface area (Å²) in [6.07, 6.45) is 2.20. The average Bonchev–Trinajstić information content (AvgIpc) is 3.42. The molecule has 4 rings (SSSR count). The number of hydrogen-bond acceptors (Lipinski definition) is 7. The van der Waals surface area contributed by atoms with E-state index >= 15 is 0 Å². The standard InChI is InChI=1S/C21H22N4O2S2/c1-15(19(26)25-13-5-6-14-25)28-21-24-23-20(29-21)22-16-9-11-18(12-10-16)27-17-7-3-2-4-8-17/h2-4,7-12,15H,5-6,13-14H2,1H3,(H,22,23)/t15-/m0/s1. The smallest absolute Gasteiger partial charge is 0.235 e. The van der Waals surface area contributed by atoms with E-state index in [9.17, 15) is 4.79 Å². The van der Waals surface area contributed by atoms with E-state index < -0.39 is 0 Å². The number of hydrogen-bond donors (Lipinski definition) is 1. The predicted octanol–water partition coefficient (Wildman–Crippen LogP) is 5.18. The van der Waals surface area contributed by atoms with Crippen LogP contribution in [0.25, 0.3) is 0 Å². The molecule has 0 radical (unpaired) electrons. The zero-order valence-electron chi connectivity index (χ0n) is 16.1. The number of likely N-dealkylation sites (tertiary alicyclic amines) is 1. The van der Waals surface area contributed by atoms with Crippen LogP contribution in [-0.4, -0.2) is 39.3 Å². The van der Waals surface area contributed by atoms with Crippen molar-refractivity contribution in [1.82, 2.24) is 15.1 Å². The Labute approximate surface area is 178 Å². The molecule has 6 nitrogen and oxygen atoms in total. The highest BCUT2D eigenvalue weighted by molar-refractivity contribution is 8.02. The van der Waals surface area contributed by atoms with Crippen molar-refractivity contribution in [3.63, 3.8) is 0 Å². The van der Waals surface area contributed by atoms with Crippen LogP contribution in [0, 0.1) is 0 Å². The number of nitrogens with zero attached hydrogens (tertiary/aromatic N) is 3. The Bertz CT molecular complexity index is 941. The molecular weight excluding hydrogens is 404 g/mol. The highest BCUT2D eigenvalue weighted by Gasteiger charge is 2.25. The number of rotatable bonds is 7. The van der Waals surface area contributed by atoms with E-state index in [4.69, 9.17) is 4.74 Å². The van der Waals surface area contributed by atoms with E-state index in [1.807, 2.05) is 66.4 Å².